The van der Waals surface area contributed by atoms with E-state index in [0.29, 0.717) is 17.6 Å². The quantitative estimate of drug-likeness (QED) is 0.157. The van der Waals surface area contributed by atoms with Gasteiger partial charge in [-0.25, -0.2) is 4.98 Å². The molecule has 0 N–H and O–H groups in total. The zero-order valence-electron chi connectivity index (χ0n) is 41.9. The van der Waals surface area contributed by atoms with E-state index in [4.69, 9.17) is 15.0 Å². The predicted molar refractivity (Wildman–Crippen MR) is 318 cm³/mol. The van der Waals surface area contributed by atoms with Gasteiger partial charge in [0.25, 0.3) is 0 Å². The Balaban J connectivity index is 1.11. The van der Waals surface area contributed by atoms with Gasteiger partial charge in [0.2, 0.25) is 5.95 Å². The molecule has 1 aliphatic rings. The fraction of sp³-hybridized carbons (Fsp3) is 0. The SMILES string of the molecule is c1ccc(-c2nc(-c3ccccc3)nc(N3c4cccc(c4)N(c4ccccc4)c4cccc(c4)N(c4ccccc4)c4cccc(c4)N(c4ccccc4)c4cccc(c4)N(c4ccccc4)c4cccc3c4)n2)cc1. The number of fused-ring (bicyclic) bond motifs is 10. The fourth-order valence-electron chi connectivity index (χ4n) is 10.2. The van der Waals surface area contributed by atoms with Crippen LogP contribution in [0.1, 0.15) is 0 Å². The topological polar surface area (TPSA) is 54.9 Å². The Hall–Kier alpha value is -10.6. The minimum Gasteiger partial charge on any atom is -0.310 e. The van der Waals surface area contributed by atoms with Crippen molar-refractivity contribution >= 4 is 85.6 Å². The molecule has 0 aliphatic carbocycles. The van der Waals surface area contributed by atoms with Gasteiger partial charge in [-0.05, 0) is 140 Å². The van der Waals surface area contributed by atoms with E-state index >= 15 is 0 Å². The molecule has 10 bridgehead atoms. The Morgan fingerprint density at radius 2 is 0.364 bits per heavy atom. The Morgan fingerprint density at radius 1 is 0.169 bits per heavy atom. The lowest BCUT2D eigenvalue weighted by atomic mass is 10.1. The number of anilines is 15. The van der Waals surface area contributed by atoms with E-state index in [9.17, 15) is 0 Å². The molecule has 1 aliphatic heterocycles. The predicted octanol–water partition coefficient (Wildman–Crippen LogP) is 18.9. The molecule has 11 aromatic carbocycles. The van der Waals surface area contributed by atoms with Gasteiger partial charge >= 0.3 is 0 Å². The van der Waals surface area contributed by atoms with Crippen LogP contribution in [0.4, 0.5) is 85.6 Å². The Morgan fingerprint density at radius 3 is 0.597 bits per heavy atom. The molecule has 1 aromatic heterocycles. The van der Waals surface area contributed by atoms with Crippen LogP contribution < -0.4 is 24.5 Å². The second kappa shape index (κ2) is 20.7. The molecule has 0 fully saturated rings. The number of aromatic nitrogens is 3. The summed E-state index contributed by atoms with van der Waals surface area (Å²) in [5.74, 6) is 1.60. The van der Waals surface area contributed by atoms with Crippen LogP contribution in [0.15, 0.2) is 303 Å². The van der Waals surface area contributed by atoms with Crippen molar-refractivity contribution in [2.75, 3.05) is 24.5 Å². The van der Waals surface area contributed by atoms with Crippen LogP contribution in [-0.2, 0) is 0 Å². The van der Waals surface area contributed by atoms with E-state index in [2.05, 4.69) is 267 Å². The molecule has 0 radical (unpaired) electrons. The highest BCUT2D eigenvalue weighted by Crippen LogP contribution is 2.47. The molecular formula is C69H50N8. The minimum absolute atomic E-state index is 0.466. The first-order valence-electron chi connectivity index (χ1n) is 25.8. The normalized spacial score (nSPS) is 12.3. The first-order chi connectivity index (χ1) is 38.2. The van der Waals surface area contributed by atoms with Gasteiger partial charge in [-0.2, -0.15) is 9.97 Å². The smallest absolute Gasteiger partial charge is 0.238 e. The van der Waals surface area contributed by atoms with Crippen molar-refractivity contribution in [1.82, 2.24) is 15.0 Å². The summed E-state index contributed by atoms with van der Waals surface area (Å²) in [5.41, 5.74) is 15.4. The number of rotatable bonds is 7. The lowest BCUT2D eigenvalue weighted by Crippen LogP contribution is -2.18. The van der Waals surface area contributed by atoms with Gasteiger partial charge in [0.05, 0.1) is 11.4 Å². The van der Waals surface area contributed by atoms with Crippen molar-refractivity contribution in [3.8, 4) is 22.8 Å². The molecule has 0 spiro atoms. The van der Waals surface area contributed by atoms with E-state index in [1.807, 2.05) is 60.7 Å². The molecule has 8 nitrogen and oxygen atoms in total. The number of benzene rings is 11. The Kier molecular flexibility index (Phi) is 12.5. The second-order valence-electron chi connectivity index (χ2n) is 18.6. The van der Waals surface area contributed by atoms with Crippen LogP contribution in [0.3, 0.4) is 0 Å². The molecule has 77 heavy (non-hydrogen) atoms. The molecule has 0 saturated heterocycles. The Bertz CT molecular complexity index is 3710. The van der Waals surface area contributed by atoms with Gasteiger partial charge < -0.3 is 19.6 Å². The Labute approximate surface area is 449 Å². The monoisotopic (exact) mass is 990 g/mol. The molecule has 366 valence electrons. The minimum atomic E-state index is 0.466. The summed E-state index contributed by atoms with van der Waals surface area (Å²) in [4.78, 5) is 27.4. The van der Waals surface area contributed by atoms with Gasteiger partial charge in [-0.1, -0.05) is 164 Å². The summed E-state index contributed by atoms with van der Waals surface area (Å²) >= 11 is 0. The van der Waals surface area contributed by atoms with E-state index < -0.39 is 0 Å². The largest absolute Gasteiger partial charge is 0.310 e. The van der Waals surface area contributed by atoms with Gasteiger partial charge in [-0.3, -0.25) is 4.90 Å². The molecule has 2 heterocycles. The van der Waals surface area contributed by atoms with Crippen LogP contribution in [0.2, 0.25) is 0 Å². The lowest BCUT2D eigenvalue weighted by Gasteiger charge is -2.32. The van der Waals surface area contributed by atoms with Crippen LogP contribution in [0, 0.1) is 0 Å². The molecule has 0 atom stereocenters. The fourth-order valence-corrected chi connectivity index (χ4v) is 10.2. The van der Waals surface area contributed by atoms with Crippen molar-refractivity contribution in [1.29, 1.82) is 0 Å². The van der Waals surface area contributed by atoms with Gasteiger partial charge in [0, 0.05) is 79.4 Å². The molecule has 8 heteroatoms. The highest BCUT2D eigenvalue weighted by molar-refractivity contribution is 5.90. The third-order valence-corrected chi connectivity index (χ3v) is 13.7. The number of para-hydroxylation sites is 4. The summed E-state index contributed by atoms with van der Waals surface area (Å²) in [6.45, 7) is 0. The maximum absolute atomic E-state index is 5.38. The number of hydrogen-bond acceptors (Lipinski definition) is 8. The van der Waals surface area contributed by atoms with Crippen LogP contribution in [-0.4, -0.2) is 15.0 Å². The maximum Gasteiger partial charge on any atom is 0.238 e. The van der Waals surface area contributed by atoms with Gasteiger partial charge in [-0.15, -0.1) is 0 Å². The van der Waals surface area contributed by atoms with Crippen molar-refractivity contribution in [2.45, 2.75) is 0 Å². The lowest BCUT2D eigenvalue weighted by molar-refractivity contribution is 1.02. The van der Waals surface area contributed by atoms with Gasteiger partial charge in [0.15, 0.2) is 11.6 Å². The molecule has 12 aromatic rings. The number of nitrogens with zero attached hydrogens (tertiary/aromatic N) is 8. The first kappa shape index (κ1) is 46.2. The van der Waals surface area contributed by atoms with E-state index in [1.54, 1.807) is 0 Å². The molecule has 0 unspecified atom stereocenters. The summed E-state index contributed by atoms with van der Waals surface area (Å²) in [6, 6.07) is 106. The molecule has 0 amide bonds. The standard InChI is InChI=1S/C69H50N8/c1-7-24-51(25-8-1)67-70-68(52-26-9-2-10-27-52)72-69(71-67)77-65-44-22-42-63(49-65)75(55-32-15-5-16-33-55)61-40-20-38-59(47-61)73(53-28-11-3-12-29-53)57-36-19-37-58(46-57)74(54-30-13-4-14-31-54)60-39-21-41-62(48-60)76(56-34-17-6-18-35-56)64-43-23-45-66(77)50-64/h1-50H. The van der Waals surface area contributed by atoms with Crippen molar-refractivity contribution in [2.24, 2.45) is 0 Å². The maximum atomic E-state index is 5.38. The zero-order valence-corrected chi connectivity index (χ0v) is 41.9. The summed E-state index contributed by atoms with van der Waals surface area (Å²) in [6.07, 6.45) is 0. The highest BCUT2D eigenvalue weighted by Gasteiger charge is 2.25. The van der Waals surface area contributed by atoms with E-state index in [0.717, 1.165) is 90.8 Å². The first-order valence-corrected chi connectivity index (χ1v) is 25.8. The van der Waals surface area contributed by atoms with E-state index in [1.165, 1.54) is 0 Å². The van der Waals surface area contributed by atoms with Crippen LogP contribution in [0.25, 0.3) is 22.8 Å². The van der Waals surface area contributed by atoms with Crippen molar-refractivity contribution < 1.29 is 0 Å². The van der Waals surface area contributed by atoms with Crippen LogP contribution in [0.5, 0.6) is 0 Å². The average molecular weight is 991 g/mol. The second-order valence-corrected chi connectivity index (χ2v) is 18.6. The summed E-state index contributed by atoms with van der Waals surface area (Å²) < 4.78 is 0. The van der Waals surface area contributed by atoms with E-state index in [-0.39, 0.29) is 0 Å². The molecule has 13 rings (SSSR count). The summed E-state index contributed by atoms with van der Waals surface area (Å²) in [7, 11) is 0. The third kappa shape index (κ3) is 9.39. The zero-order chi connectivity index (χ0) is 51.3. The van der Waals surface area contributed by atoms with Crippen molar-refractivity contribution in [3.63, 3.8) is 0 Å². The average Bonchev–Trinajstić information content (AvgIpc) is 3.51. The molecule has 0 saturated carbocycles. The summed E-state index contributed by atoms with van der Waals surface area (Å²) in [5, 5.41) is 0. The highest BCUT2D eigenvalue weighted by atomic mass is 15.3. The number of hydrogen-bond donors (Lipinski definition) is 0. The van der Waals surface area contributed by atoms with Crippen LogP contribution >= 0.6 is 0 Å². The van der Waals surface area contributed by atoms with Gasteiger partial charge in [0.1, 0.15) is 0 Å². The molecular weight excluding hydrogens is 941 g/mol. The van der Waals surface area contributed by atoms with Crippen molar-refractivity contribution in [3.05, 3.63) is 303 Å². The third-order valence-electron chi connectivity index (χ3n) is 13.7.